The highest BCUT2D eigenvalue weighted by Crippen LogP contribution is 2.19. The molecule has 3 amide bonds. The van der Waals surface area contributed by atoms with Gasteiger partial charge < -0.3 is 31.8 Å². The molecular formula is C28H43N5O5S. The topological polar surface area (TPSA) is 166 Å². The summed E-state index contributed by atoms with van der Waals surface area (Å²) in [6.07, 6.45) is 4.85. The molecule has 0 fully saturated rings. The molecular weight excluding hydrogens is 518 g/mol. The Morgan fingerprint density at radius 3 is 2.10 bits per heavy atom. The van der Waals surface area contributed by atoms with Crippen LogP contribution in [0.15, 0.2) is 30.5 Å². The minimum atomic E-state index is -1.13. The highest BCUT2D eigenvalue weighted by atomic mass is 32.2. The van der Waals surface area contributed by atoms with E-state index in [1.165, 1.54) is 11.8 Å². The van der Waals surface area contributed by atoms with Crippen LogP contribution in [-0.4, -0.2) is 70.0 Å². The zero-order valence-electron chi connectivity index (χ0n) is 23.5. The monoisotopic (exact) mass is 561 g/mol. The zero-order chi connectivity index (χ0) is 29.1. The van der Waals surface area contributed by atoms with Crippen LogP contribution in [0.5, 0.6) is 0 Å². The Morgan fingerprint density at radius 2 is 1.49 bits per heavy atom. The van der Waals surface area contributed by atoms with Crippen molar-refractivity contribution in [3.8, 4) is 0 Å². The molecule has 0 saturated heterocycles. The van der Waals surface area contributed by atoms with Gasteiger partial charge in [0.25, 0.3) is 0 Å². The molecule has 0 spiro atoms. The number of carbonyl (C=O) groups excluding carboxylic acids is 3. The summed E-state index contributed by atoms with van der Waals surface area (Å²) in [5, 5.41) is 18.6. The minimum Gasteiger partial charge on any atom is -0.480 e. The van der Waals surface area contributed by atoms with E-state index in [2.05, 4.69) is 20.9 Å². The van der Waals surface area contributed by atoms with Gasteiger partial charge in [-0.2, -0.15) is 11.8 Å². The first-order chi connectivity index (χ1) is 18.4. The fourth-order valence-corrected chi connectivity index (χ4v) is 4.84. The van der Waals surface area contributed by atoms with E-state index in [1.54, 1.807) is 6.20 Å². The number of nitrogens with one attached hydrogen (secondary N) is 4. The summed E-state index contributed by atoms with van der Waals surface area (Å²) in [5.74, 6) is -1.89. The predicted octanol–water partition coefficient (Wildman–Crippen LogP) is 2.42. The number of hydrogen-bond donors (Lipinski definition) is 6. The van der Waals surface area contributed by atoms with Crippen LogP contribution in [0.4, 0.5) is 0 Å². The first-order valence-electron chi connectivity index (χ1n) is 13.4. The lowest BCUT2D eigenvalue weighted by atomic mass is 9.99. The van der Waals surface area contributed by atoms with Crippen molar-refractivity contribution in [2.24, 2.45) is 17.6 Å². The Bertz CT molecular complexity index is 1120. The first kappa shape index (κ1) is 32.2. The Labute approximate surface area is 234 Å². The van der Waals surface area contributed by atoms with Crippen molar-refractivity contribution < 1.29 is 24.3 Å². The summed E-state index contributed by atoms with van der Waals surface area (Å²) in [5.41, 5.74) is 7.83. The number of hydrogen-bond acceptors (Lipinski definition) is 6. The maximum Gasteiger partial charge on any atom is 0.326 e. The van der Waals surface area contributed by atoms with Crippen LogP contribution in [0.1, 0.15) is 52.5 Å². The third kappa shape index (κ3) is 10.2. The van der Waals surface area contributed by atoms with Gasteiger partial charge in [-0.25, -0.2) is 4.79 Å². The molecule has 39 heavy (non-hydrogen) atoms. The van der Waals surface area contributed by atoms with Crippen molar-refractivity contribution in [3.63, 3.8) is 0 Å². The van der Waals surface area contributed by atoms with Crippen molar-refractivity contribution >= 4 is 46.4 Å². The second kappa shape index (κ2) is 15.5. The number of para-hydroxylation sites is 1. The molecule has 7 N–H and O–H groups in total. The average Bonchev–Trinajstić information content (AvgIpc) is 3.27. The summed E-state index contributed by atoms with van der Waals surface area (Å²) < 4.78 is 0. The zero-order valence-corrected chi connectivity index (χ0v) is 24.3. The summed E-state index contributed by atoms with van der Waals surface area (Å²) in [7, 11) is 0. The molecule has 4 atom stereocenters. The van der Waals surface area contributed by atoms with E-state index in [0.717, 1.165) is 16.5 Å². The molecule has 0 radical (unpaired) electrons. The molecule has 1 aromatic heterocycles. The standard InChI is InChI=1S/C28H43N5O5S/c1-16(2)12-20(29)25(34)32-24(14-18-15-30-21-9-7-6-8-19(18)21)27(36)33-23(13-17(3)4)26(35)31-22(28(37)38)10-11-39-5/h6-9,15-17,20,22-24,30H,10-14,29H2,1-5H3,(H,31,35)(H,32,34)(H,33,36)(H,37,38). The number of aromatic amines is 1. The number of fused-ring (bicyclic) bond motifs is 1. The van der Waals surface area contributed by atoms with Crippen LogP contribution < -0.4 is 21.7 Å². The van der Waals surface area contributed by atoms with E-state index in [-0.39, 0.29) is 24.7 Å². The van der Waals surface area contributed by atoms with Crippen molar-refractivity contribution in [1.82, 2.24) is 20.9 Å². The van der Waals surface area contributed by atoms with Gasteiger partial charge in [0.1, 0.15) is 18.1 Å². The van der Waals surface area contributed by atoms with Gasteiger partial charge in [-0.1, -0.05) is 45.9 Å². The number of thioether (sulfide) groups is 1. The van der Waals surface area contributed by atoms with Gasteiger partial charge in [-0.3, -0.25) is 14.4 Å². The maximum atomic E-state index is 13.6. The molecule has 1 heterocycles. The van der Waals surface area contributed by atoms with E-state index >= 15 is 0 Å². The number of H-pyrrole nitrogens is 1. The molecule has 0 bridgehead atoms. The normalized spacial score (nSPS) is 14.6. The van der Waals surface area contributed by atoms with Gasteiger partial charge in [0, 0.05) is 23.5 Å². The molecule has 0 saturated carbocycles. The molecule has 2 aromatic rings. The molecule has 0 aliphatic rings. The maximum absolute atomic E-state index is 13.6. The molecule has 2 rings (SSSR count). The van der Waals surface area contributed by atoms with Gasteiger partial charge in [0.15, 0.2) is 0 Å². The molecule has 1 aromatic carbocycles. The SMILES string of the molecule is CSCCC(NC(=O)C(CC(C)C)NC(=O)C(Cc1c[nH]c2ccccc12)NC(=O)C(N)CC(C)C)C(=O)O. The Morgan fingerprint density at radius 1 is 0.897 bits per heavy atom. The molecule has 10 nitrogen and oxygen atoms in total. The number of rotatable bonds is 16. The number of nitrogens with two attached hydrogens (primary N) is 1. The largest absolute Gasteiger partial charge is 0.480 e. The Balaban J connectivity index is 2.29. The van der Waals surface area contributed by atoms with Crippen LogP contribution in [0.2, 0.25) is 0 Å². The van der Waals surface area contributed by atoms with Crippen LogP contribution in [0.3, 0.4) is 0 Å². The Hall–Kier alpha value is -3.05. The fourth-order valence-electron chi connectivity index (χ4n) is 4.36. The minimum absolute atomic E-state index is 0.0386. The van der Waals surface area contributed by atoms with Gasteiger partial charge in [0.2, 0.25) is 17.7 Å². The third-order valence-electron chi connectivity index (χ3n) is 6.36. The number of carbonyl (C=O) groups is 4. The quantitative estimate of drug-likeness (QED) is 0.183. The smallest absolute Gasteiger partial charge is 0.326 e. The van der Waals surface area contributed by atoms with Crippen molar-refractivity contribution in [2.75, 3.05) is 12.0 Å². The van der Waals surface area contributed by atoms with E-state index in [4.69, 9.17) is 5.73 Å². The average molecular weight is 562 g/mol. The molecule has 0 aliphatic heterocycles. The number of benzene rings is 1. The molecule has 0 aliphatic carbocycles. The highest BCUT2D eigenvalue weighted by Gasteiger charge is 2.31. The second-order valence-corrected chi connectivity index (χ2v) is 11.7. The first-order valence-corrected chi connectivity index (χ1v) is 14.8. The number of aromatic nitrogens is 1. The summed E-state index contributed by atoms with van der Waals surface area (Å²) in [6.45, 7) is 7.74. The van der Waals surface area contributed by atoms with E-state index < -0.39 is 47.9 Å². The van der Waals surface area contributed by atoms with Crippen LogP contribution in [0.25, 0.3) is 10.9 Å². The van der Waals surface area contributed by atoms with Gasteiger partial charge >= 0.3 is 5.97 Å². The number of carboxylic acid groups (broad SMARTS) is 1. The van der Waals surface area contributed by atoms with Gasteiger partial charge in [-0.05, 0) is 54.7 Å². The van der Waals surface area contributed by atoms with Gasteiger partial charge in [0.05, 0.1) is 6.04 Å². The van der Waals surface area contributed by atoms with Gasteiger partial charge in [-0.15, -0.1) is 0 Å². The van der Waals surface area contributed by atoms with E-state index in [1.807, 2.05) is 58.2 Å². The van der Waals surface area contributed by atoms with Crippen molar-refractivity contribution in [2.45, 2.75) is 77.5 Å². The third-order valence-corrected chi connectivity index (χ3v) is 7.00. The lowest BCUT2D eigenvalue weighted by Gasteiger charge is -2.26. The molecule has 216 valence electrons. The van der Waals surface area contributed by atoms with Crippen LogP contribution >= 0.6 is 11.8 Å². The molecule has 4 unspecified atom stereocenters. The summed E-state index contributed by atoms with van der Waals surface area (Å²) in [6, 6.07) is 3.83. The highest BCUT2D eigenvalue weighted by molar-refractivity contribution is 7.98. The number of amides is 3. The number of carboxylic acids is 1. The lowest BCUT2D eigenvalue weighted by Crippen LogP contribution is -2.58. The van der Waals surface area contributed by atoms with E-state index in [0.29, 0.717) is 18.6 Å². The molecule has 11 heteroatoms. The summed E-state index contributed by atoms with van der Waals surface area (Å²) in [4.78, 5) is 54.5. The number of aliphatic carboxylic acids is 1. The lowest BCUT2D eigenvalue weighted by molar-refractivity contribution is -0.142. The van der Waals surface area contributed by atoms with Crippen LogP contribution in [-0.2, 0) is 25.6 Å². The van der Waals surface area contributed by atoms with Crippen LogP contribution in [0, 0.1) is 11.8 Å². The van der Waals surface area contributed by atoms with Crippen molar-refractivity contribution in [1.29, 1.82) is 0 Å². The predicted molar refractivity (Wildman–Crippen MR) is 155 cm³/mol. The van der Waals surface area contributed by atoms with E-state index in [9.17, 15) is 24.3 Å². The summed E-state index contributed by atoms with van der Waals surface area (Å²) >= 11 is 1.48. The van der Waals surface area contributed by atoms with Crippen molar-refractivity contribution in [3.05, 3.63) is 36.0 Å². The fraction of sp³-hybridized carbons (Fsp3) is 0.571. The Kier molecular flexibility index (Phi) is 12.8. The second-order valence-electron chi connectivity index (χ2n) is 10.7.